The van der Waals surface area contributed by atoms with Crippen molar-refractivity contribution in [2.75, 3.05) is 25.0 Å². The maximum Gasteiger partial charge on any atom is 0.319 e. The van der Waals surface area contributed by atoms with Crippen LogP contribution >= 0.6 is 11.3 Å². The normalized spacial score (nSPS) is 22.0. The van der Waals surface area contributed by atoms with Crippen LogP contribution in [-0.2, 0) is 11.2 Å². The number of furan rings is 1. The third kappa shape index (κ3) is 3.88. The lowest BCUT2D eigenvalue weighted by atomic mass is 9.74. The zero-order valence-electron chi connectivity index (χ0n) is 18.6. The fourth-order valence-electron chi connectivity index (χ4n) is 4.67. The van der Waals surface area contributed by atoms with E-state index in [9.17, 15) is 14.4 Å². The number of hydrogen-bond acceptors (Lipinski definition) is 7. The van der Waals surface area contributed by atoms with Crippen LogP contribution in [0, 0.1) is 5.92 Å². The number of amidine groups is 1. The van der Waals surface area contributed by atoms with Gasteiger partial charge in [-0.25, -0.2) is 4.79 Å². The third-order valence-corrected chi connectivity index (χ3v) is 7.35. The summed E-state index contributed by atoms with van der Waals surface area (Å²) in [7, 11) is 0. The second-order valence-electron chi connectivity index (χ2n) is 8.40. The number of ketones is 1. The van der Waals surface area contributed by atoms with E-state index in [1.165, 1.54) is 11.3 Å². The van der Waals surface area contributed by atoms with Gasteiger partial charge in [-0.3, -0.25) is 19.9 Å². The minimum Gasteiger partial charge on any atom is -0.472 e. The van der Waals surface area contributed by atoms with Crippen molar-refractivity contribution in [2.24, 2.45) is 10.9 Å². The highest BCUT2D eigenvalue weighted by molar-refractivity contribution is 7.23. The topological polar surface area (TPSA) is 125 Å². The van der Waals surface area contributed by atoms with Crippen LogP contribution in [0.4, 0.5) is 9.80 Å². The van der Waals surface area contributed by atoms with Crippen LogP contribution in [0.3, 0.4) is 0 Å². The van der Waals surface area contributed by atoms with Crippen molar-refractivity contribution in [1.29, 1.82) is 0 Å². The van der Waals surface area contributed by atoms with Crippen LogP contribution in [0.25, 0.3) is 10.1 Å². The number of amides is 3. The van der Waals surface area contributed by atoms with Gasteiger partial charge in [0.15, 0.2) is 11.3 Å². The van der Waals surface area contributed by atoms with Crippen LogP contribution < -0.4 is 21.3 Å². The number of urea groups is 1. The molecule has 3 amide bonds. The van der Waals surface area contributed by atoms with Crippen LogP contribution in [0.5, 0.6) is 0 Å². The molecule has 0 aliphatic carbocycles. The van der Waals surface area contributed by atoms with Gasteiger partial charge < -0.3 is 20.4 Å². The predicted octanol–water partition coefficient (Wildman–Crippen LogP) is 2.94. The van der Waals surface area contributed by atoms with Crippen molar-refractivity contribution in [2.45, 2.75) is 25.3 Å². The molecule has 176 valence electrons. The Labute approximate surface area is 200 Å². The van der Waals surface area contributed by atoms with Crippen LogP contribution in [-0.4, -0.2) is 48.7 Å². The number of rotatable bonds is 6. The molecule has 3 aromatic rings. The van der Waals surface area contributed by atoms with Crippen LogP contribution in [0.15, 0.2) is 52.3 Å². The van der Waals surface area contributed by atoms with Gasteiger partial charge in [0.2, 0.25) is 0 Å². The molecule has 0 saturated carbocycles. The molecular formula is C24H25N5O4S. The predicted molar refractivity (Wildman–Crippen MR) is 131 cm³/mol. The number of carbonyl (C=O) groups is 3. The van der Waals surface area contributed by atoms with Gasteiger partial charge in [-0.2, -0.15) is 0 Å². The number of hydrogen-bond donors (Lipinski definition) is 4. The van der Waals surface area contributed by atoms with Crippen molar-refractivity contribution in [3.8, 4) is 0 Å². The van der Waals surface area contributed by atoms with Crippen molar-refractivity contribution < 1.29 is 18.8 Å². The van der Waals surface area contributed by atoms with Crippen molar-refractivity contribution in [3.63, 3.8) is 0 Å². The fraction of sp³-hybridized carbons (Fsp3) is 0.333. The lowest BCUT2D eigenvalue weighted by molar-refractivity contribution is -0.125. The van der Waals surface area contributed by atoms with Gasteiger partial charge in [0.25, 0.3) is 5.91 Å². The Bertz CT molecular complexity index is 1280. The molecule has 2 aromatic heterocycles. The van der Waals surface area contributed by atoms with Gasteiger partial charge in [0.05, 0.1) is 24.0 Å². The first-order chi connectivity index (χ1) is 16.5. The number of nitrogens with one attached hydrogen (secondary N) is 4. The Morgan fingerprint density at radius 1 is 1.29 bits per heavy atom. The quantitative estimate of drug-likeness (QED) is 0.405. The molecule has 5 rings (SSSR count). The Hall–Kier alpha value is -3.50. The number of anilines is 1. The molecule has 2 unspecified atom stereocenters. The van der Waals surface area contributed by atoms with Gasteiger partial charge in [0, 0.05) is 29.6 Å². The van der Waals surface area contributed by atoms with Crippen molar-refractivity contribution >= 4 is 50.0 Å². The van der Waals surface area contributed by atoms with E-state index in [1.807, 2.05) is 37.3 Å². The Balaban J connectivity index is 1.54. The highest BCUT2D eigenvalue weighted by Crippen LogP contribution is 2.41. The molecule has 2 aliphatic heterocycles. The highest BCUT2D eigenvalue weighted by atomic mass is 32.1. The highest BCUT2D eigenvalue weighted by Gasteiger charge is 2.54. The number of carbonyl (C=O) groups excluding carboxylic acids is 3. The summed E-state index contributed by atoms with van der Waals surface area (Å²) in [5.41, 5.74) is 0.129. The molecule has 2 atom stereocenters. The summed E-state index contributed by atoms with van der Waals surface area (Å²) in [6.45, 7) is 3.18. The summed E-state index contributed by atoms with van der Waals surface area (Å²) in [4.78, 5) is 44.5. The smallest absolute Gasteiger partial charge is 0.319 e. The summed E-state index contributed by atoms with van der Waals surface area (Å²) < 4.78 is 6.01. The van der Waals surface area contributed by atoms with Crippen LogP contribution in [0.2, 0.25) is 0 Å². The third-order valence-electron chi connectivity index (χ3n) is 6.27. The number of piperidine rings is 1. The van der Waals surface area contributed by atoms with E-state index in [1.54, 1.807) is 12.5 Å². The van der Waals surface area contributed by atoms with E-state index in [0.717, 1.165) is 15.6 Å². The maximum absolute atomic E-state index is 14.1. The van der Waals surface area contributed by atoms with E-state index in [-0.39, 0.29) is 17.7 Å². The van der Waals surface area contributed by atoms with E-state index in [0.29, 0.717) is 48.9 Å². The molecule has 1 aromatic carbocycles. The second kappa shape index (κ2) is 9.03. The molecule has 0 bridgehead atoms. The molecule has 2 aliphatic rings. The Kier molecular flexibility index (Phi) is 5.93. The van der Waals surface area contributed by atoms with Crippen LogP contribution in [0.1, 0.15) is 29.3 Å². The molecule has 4 N–H and O–H groups in total. The number of nitrogens with zero attached hydrogens (tertiary/aromatic N) is 1. The standard InChI is InChI=1S/C24H25N5O4S/c1-2-26-23(32)28-21-19(15-5-3-4-6-17(15)34-21)20(30)16-12-25-9-8-24(16)22(31)27-18(29-24)11-14-7-10-33-13-14/h3-7,10,13,16,25H,2,8-9,11-12H2,1H3,(H2,26,28,32)(H,27,29,31). The van der Waals surface area contributed by atoms with E-state index >= 15 is 0 Å². The minimum atomic E-state index is -1.19. The van der Waals surface area contributed by atoms with Gasteiger partial charge in [-0.05, 0) is 37.6 Å². The summed E-state index contributed by atoms with van der Waals surface area (Å²) in [6.07, 6.45) is 4.01. The number of thiophene rings is 1. The molecule has 9 nitrogen and oxygen atoms in total. The fourth-order valence-corrected chi connectivity index (χ4v) is 5.78. The summed E-state index contributed by atoms with van der Waals surface area (Å²) in [5, 5.41) is 12.9. The molecule has 10 heteroatoms. The lowest BCUT2D eigenvalue weighted by Gasteiger charge is -2.36. The average molecular weight is 480 g/mol. The van der Waals surface area contributed by atoms with Gasteiger partial charge in [-0.15, -0.1) is 11.3 Å². The second-order valence-corrected chi connectivity index (χ2v) is 9.46. The van der Waals surface area contributed by atoms with Crippen molar-refractivity contribution in [1.82, 2.24) is 16.0 Å². The molecule has 1 fully saturated rings. The maximum atomic E-state index is 14.1. The first-order valence-electron chi connectivity index (χ1n) is 11.2. The first-order valence-corrected chi connectivity index (χ1v) is 12.1. The Morgan fingerprint density at radius 2 is 2.15 bits per heavy atom. The summed E-state index contributed by atoms with van der Waals surface area (Å²) >= 11 is 1.35. The summed E-state index contributed by atoms with van der Waals surface area (Å²) in [5.74, 6) is -0.652. The molecule has 0 radical (unpaired) electrons. The monoisotopic (exact) mass is 479 g/mol. The zero-order valence-corrected chi connectivity index (χ0v) is 19.5. The SMILES string of the molecule is CCNC(=O)Nc1sc2ccccc2c1C(=O)C1CNCCC12N=C(Cc1ccoc1)NC2=O. The molecule has 34 heavy (non-hydrogen) atoms. The van der Waals surface area contributed by atoms with Gasteiger partial charge in [0.1, 0.15) is 10.8 Å². The van der Waals surface area contributed by atoms with E-state index in [4.69, 9.17) is 9.41 Å². The van der Waals surface area contributed by atoms with E-state index < -0.39 is 11.5 Å². The lowest BCUT2D eigenvalue weighted by Crippen LogP contribution is -2.57. The minimum absolute atomic E-state index is 0.208. The average Bonchev–Trinajstić information content (AvgIpc) is 3.52. The van der Waals surface area contributed by atoms with Gasteiger partial charge in [-0.1, -0.05) is 18.2 Å². The molecule has 1 spiro atoms. The number of fused-ring (bicyclic) bond motifs is 1. The van der Waals surface area contributed by atoms with Gasteiger partial charge >= 0.3 is 6.03 Å². The first kappa shape index (κ1) is 22.3. The number of benzene rings is 1. The number of aliphatic imine (C=N–C) groups is 1. The molecule has 1 saturated heterocycles. The zero-order chi connectivity index (χ0) is 23.7. The van der Waals surface area contributed by atoms with Crippen molar-refractivity contribution in [3.05, 3.63) is 54.0 Å². The Morgan fingerprint density at radius 3 is 2.94 bits per heavy atom. The number of Topliss-reactive ketones (excluding diaryl/α,β-unsaturated/α-hetero) is 1. The molecular weight excluding hydrogens is 454 g/mol. The summed E-state index contributed by atoms with van der Waals surface area (Å²) in [6, 6.07) is 8.98. The largest absolute Gasteiger partial charge is 0.472 e. The molecule has 4 heterocycles. The van der Waals surface area contributed by atoms with E-state index in [2.05, 4.69) is 21.3 Å².